The van der Waals surface area contributed by atoms with Crippen LogP contribution in [-0.2, 0) is 0 Å². The van der Waals surface area contributed by atoms with E-state index < -0.39 is 11.6 Å². The molecule has 0 unspecified atom stereocenters. The molecule has 0 radical (unpaired) electrons. The van der Waals surface area contributed by atoms with Gasteiger partial charge in [0.2, 0.25) is 5.82 Å². The first-order valence-corrected chi connectivity index (χ1v) is 4.57. The second kappa shape index (κ2) is 5.09. The predicted octanol–water partition coefficient (Wildman–Crippen LogP) is 2.60. The van der Waals surface area contributed by atoms with Gasteiger partial charge in [-0.05, 0) is 6.07 Å². The van der Waals surface area contributed by atoms with Crippen LogP contribution in [0.3, 0.4) is 0 Å². The van der Waals surface area contributed by atoms with Crippen LogP contribution in [-0.4, -0.2) is 13.7 Å². The molecule has 0 saturated carbocycles. The van der Waals surface area contributed by atoms with Gasteiger partial charge >= 0.3 is 0 Å². The van der Waals surface area contributed by atoms with Crippen molar-refractivity contribution in [3.05, 3.63) is 34.4 Å². The molecule has 0 amide bonds. The lowest BCUT2D eigenvalue weighted by Gasteiger charge is -2.08. The number of ether oxygens (including phenoxy) is 1. The van der Waals surface area contributed by atoms with E-state index in [1.807, 2.05) is 0 Å². The summed E-state index contributed by atoms with van der Waals surface area (Å²) in [7, 11) is 1.26. The Morgan fingerprint density at radius 1 is 1.47 bits per heavy atom. The highest BCUT2D eigenvalue weighted by molar-refractivity contribution is 6.31. The standard InChI is InChI=1S/C10H10ClF2NO/c1-15-10-6(3-2-4-14)5-7(11)8(12)9(10)13/h2-3,5H,4,14H2,1H3/b3-2+. The van der Waals surface area contributed by atoms with Crippen molar-refractivity contribution in [2.75, 3.05) is 13.7 Å². The van der Waals surface area contributed by atoms with E-state index >= 15 is 0 Å². The molecule has 1 rings (SSSR count). The third-order valence-corrected chi connectivity index (χ3v) is 2.06. The van der Waals surface area contributed by atoms with Crippen LogP contribution >= 0.6 is 11.6 Å². The zero-order chi connectivity index (χ0) is 11.4. The van der Waals surface area contributed by atoms with E-state index in [9.17, 15) is 8.78 Å². The second-order valence-corrected chi connectivity index (χ2v) is 3.15. The second-order valence-electron chi connectivity index (χ2n) is 2.75. The van der Waals surface area contributed by atoms with Crippen molar-refractivity contribution in [1.29, 1.82) is 0 Å². The van der Waals surface area contributed by atoms with Crippen LogP contribution < -0.4 is 10.5 Å². The molecule has 0 aliphatic carbocycles. The first kappa shape index (κ1) is 11.9. The highest BCUT2D eigenvalue weighted by Crippen LogP contribution is 2.31. The van der Waals surface area contributed by atoms with E-state index in [0.717, 1.165) is 0 Å². The van der Waals surface area contributed by atoms with Crippen molar-refractivity contribution in [2.45, 2.75) is 0 Å². The largest absolute Gasteiger partial charge is 0.493 e. The van der Waals surface area contributed by atoms with Crippen molar-refractivity contribution >= 4 is 17.7 Å². The topological polar surface area (TPSA) is 35.2 Å². The average Bonchev–Trinajstić information content (AvgIpc) is 2.23. The molecule has 1 aromatic rings. The Kier molecular flexibility index (Phi) is 4.05. The quantitative estimate of drug-likeness (QED) is 0.815. The van der Waals surface area contributed by atoms with Crippen molar-refractivity contribution in [2.24, 2.45) is 5.73 Å². The summed E-state index contributed by atoms with van der Waals surface area (Å²) in [6, 6.07) is 1.28. The molecule has 0 saturated heterocycles. The summed E-state index contributed by atoms with van der Waals surface area (Å²) in [5, 5.41) is -0.287. The summed E-state index contributed by atoms with van der Waals surface area (Å²) in [5.74, 6) is -2.39. The van der Waals surface area contributed by atoms with Crippen molar-refractivity contribution in [3.8, 4) is 5.75 Å². The van der Waals surface area contributed by atoms with Crippen molar-refractivity contribution in [1.82, 2.24) is 0 Å². The molecule has 0 aromatic heterocycles. The van der Waals surface area contributed by atoms with Crippen LogP contribution in [0.1, 0.15) is 5.56 Å². The fourth-order valence-electron chi connectivity index (χ4n) is 1.12. The third kappa shape index (κ3) is 2.46. The summed E-state index contributed by atoms with van der Waals surface area (Å²) in [4.78, 5) is 0. The number of benzene rings is 1. The smallest absolute Gasteiger partial charge is 0.202 e. The van der Waals surface area contributed by atoms with Crippen LogP contribution in [0, 0.1) is 11.6 Å². The van der Waals surface area contributed by atoms with Gasteiger partial charge in [0, 0.05) is 12.1 Å². The summed E-state index contributed by atoms with van der Waals surface area (Å²) in [6.45, 7) is 0.291. The predicted molar refractivity (Wildman–Crippen MR) is 56.0 cm³/mol. The Morgan fingerprint density at radius 3 is 2.67 bits per heavy atom. The maximum absolute atomic E-state index is 13.3. The summed E-state index contributed by atoms with van der Waals surface area (Å²) in [6.07, 6.45) is 3.11. The molecular formula is C10H10ClF2NO. The third-order valence-electron chi connectivity index (χ3n) is 1.78. The summed E-state index contributed by atoms with van der Waals surface area (Å²) < 4.78 is 31.1. The number of hydrogen-bond acceptors (Lipinski definition) is 2. The van der Waals surface area contributed by atoms with Gasteiger partial charge in [-0.2, -0.15) is 4.39 Å². The van der Waals surface area contributed by atoms with Gasteiger partial charge in [0.1, 0.15) is 0 Å². The van der Waals surface area contributed by atoms with Gasteiger partial charge in [0.15, 0.2) is 11.6 Å². The SMILES string of the molecule is COc1c(/C=C/CN)cc(Cl)c(F)c1F. The molecule has 0 fully saturated rings. The van der Waals surface area contributed by atoms with Gasteiger partial charge in [-0.1, -0.05) is 23.8 Å². The fourth-order valence-corrected chi connectivity index (χ4v) is 1.32. The van der Waals surface area contributed by atoms with E-state index in [1.165, 1.54) is 19.3 Å². The molecular weight excluding hydrogens is 224 g/mol. The van der Waals surface area contributed by atoms with Crippen LogP contribution in [0.25, 0.3) is 6.08 Å². The minimum absolute atomic E-state index is 0.179. The van der Waals surface area contributed by atoms with Gasteiger partial charge in [0.25, 0.3) is 0 Å². The Bertz CT molecular complexity index is 393. The van der Waals surface area contributed by atoms with Crippen molar-refractivity contribution in [3.63, 3.8) is 0 Å². The maximum atomic E-state index is 13.3. The minimum Gasteiger partial charge on any atom is -0.493 e. The average molecular weight is 234 g/mol. The van der Waals surface area contributed by atoms with Gasteiger partial charge < -0.3 is 10.5 Å². The molecule has 5 heteroatoms. The lowest BCUT2D eigenvalue weighted by Crippen LogP contribution is -1.97. The molecule has 0 aliphatic rings. The van der Waals surface area contributed by atoms with Crippen molar-refractivity contribution < 1.29 is 13.5 Å². The van der Waals surface area contributed by atoms with Crippen LogP contribution in [0.4, 0.5) is 8.78 Å². The highest BCUT2D eigenvalue weighted by atomic mass is 35.5. The Hall–Kier alpha value is -1.13. The van der Waals surface area contributed by atoms with Crippen LogP contribution in [0.5, 0.6) is 5.75 Å². The number of rotatable bonds is 3. The number of hydrogen-bond donors (Lipinski definition) is 1. The lowest BCUT2D eigenvalue weighted by atomic mass is 10.1. The molecule has 0 aliphatic heterocycles. The van der Waals surface area contributed by atoms with E-state index in [0.29, 0.717) is 12.1 Å². The summed E-state index contributed by atoms with van der Waals surface area (Å²) in [5.41, 5.74) is 5.60. The highest BCUT2D eigenvalue weighted by Gasteiger charge is 2.16. The number of halogens is 3. The first-order valence-electron chi connectivity index (χ1n) is 4.20. The van der Waals surface area contributed by atoms with Crippen LogP contribution in [0.15, 0.2) is 12.1 Å². The molecule has 82 valence electrons. The zero-order valence-electron chi connectivity index (χ0n) is 8.06. The van der Waals surface area contributed by atoms with E-state index in [1.54, 1.807) is 6.08 Å². The number of methoxy groups -OCH3 is 1. The molecule has 0 spiro atoms. The van der Waals surface area contributed by atoms with Gasteiger partial charge in [-0.25, -0.2) is 4.39 Å². The molecule has 1 aromatic carbocycles. The van der Waals surface area contributed by atoms with Gasteiger partial charge in [-0.15, -0.1) is 0 Å². The van der Waals surface area contributed by atoms with Crippen LogP contribution in [0.2, 0.25) is 5.02 Å². The molecule has 0 heterocycles. The summed E-state index contributed by atoms with van der Waals surface area (Å²) >= 11 is 5.49. The molecule has 2 nitrogen and oxygen atoms in total. The van der Waals surface area contributed by atoms with Gasteiger partial charge in [-0.3, -0.25) is 0 Å². The monoisotopic (exact) mass is 233 g/mol. The Morgan fingerprint density at radius 2 is 2.13 bits per heavy atom. The molecule has 0 bridgehead atoms. The van der Waals surface area contributed by atoms with E-state index in [2.05, 4.69) is 0 Å². The number of nitrogens with two attached hydrogens (primary N) is 1. The minimum atomic E-state index is -1.11. The Balaban J connectivity index is 3.31. The normalized spacial score (nSPS) is 11.0. The maximum Gasteiger partial charge on any atom is 0.202 e. The van der Waals surface area contributed by atoms with E-state index in [-0.39, 0.29) is 10.8 Å². The molecule has 15 heavy (non-hydrogen) atoms. The fraction of sp³-hybridized carbons (Fsp3) is 0.200. The molecule has 0 atom stereocenters. The Labute approximate surface area is 91.3 Å². The molecule has 2 N–H and O–H groups in total. The first-order chi connectivity index (χ1) is 7.11. The zero-order valence-corrected chi connectivity index (χ0v) is 8.81. The van der Waals surface area contributed by atoms with Gasteiger partial charge in [0.05, 0.1) is 12.1 Å². The van der Waals surface area contributed by atoms with E-state index in [4.69, 9.17) is 22.1 Å². The lowest BCUT2D eigenvalue weighted by molar-refractivity contribution is 0.371.